The van der Waals surface area contributed by atoms with E-state index >= 15 is 0 Å². The highest BCUT2D eigenvalue weighted by Gasteiger charge is 2.21. The smallest absolute Gasteiger partial charge is 0.311 e. The molecule has 0 bridgehead atoms. The first-order chi connectivity index (χ1) is 38.4. The number of anilines is 2. The molecule has 78 heavy (non-hydrogen) atoms. The monoisotopic (exact) mass is 1050 g/mol. The van der Waals surface area contributed by atoms with Crippen LogP contribution in [0.5, 0.6) is 23.0 Å². The number of Topliss-reactive ketones (excluding diaryl/α,β-unsaturated/α-hetero) is 2. The van der Waals surface area contributed by atoms with Gasteiger partial charge in [0.1, 0.15) is 23.0 Å². The molecule has 1 heterocycles. The highest BCUT2D eigenvalue weighted by Crippen LogP contribution is 2.30. The van der Waals surface area contributed by atoms with E-state index in [0.29, 0.717) is 35.6 Å². The van der Waals surface area contributed by atoms with Crippen LogP contribution in [0.15, 0.2) is 191 Å². The minimum atomic E-state index is -0.421. The topological polar surface area (TPSA) is 154 Å². The molecular formula is C66H72N4O8. The number of rotatable bonds is 30. The van der Waals surface area contributed by atoms with Crippen LogP contribution in [0.3, 0.4) is 0 Å². The number of nitrogens with one attached hydrogen (secondary N) is 2. The summed E-state index contributed by atoms with van der Waals surface area (Å²) in [7, 11) is 0. The van der Waals surface area contributed by atoms with Gasteiger partial charge in [-0.05, 0) is 98.5 Å². The molecule has 6 aromatic rings. The summed E-state index contributed by atoms with van der Waals surface area (Å²) in [6, 6.07) is 47.6. The third-order valence-electron chi connectivity index (χ3n) is 13.1. The molecule has 6 aromatic carbocycles. The van der Waals surface area contributed by atoms with Crippen molar-refractivity contribution in [2.45, 2.75) is 116 Å². The first-order valence-electron chi connectivity index (χ1n) is 27.7. The summed E-state index contributed by atoms with van der Waals surface area (Å²) in [5.41, 5.74) is 2.79. The number of esters is 2. The fourth-order valence-electron chi connectivity index (χ4n) is 8.75. The second-order valence-electron chi connectivity index (χ2n) is 19.1. The predicted octanol–water partition coefficient (Wildman–Crippen LogP) is 16.2. The van der Waals surface area contributed by atoms with Crippen molar-refractivity contribution < 1.29 is 38.1 Å². The van der Waals surface area contributed by atoms with Gasteiger partial charge >= 0.3 is 11.9 Å². The van der Waals surface area contributed by atoms with Crippen LogP contribution in [0.1, 0.15) is 136 Å². The van der Waals surface area contributed by atoms with Crippen LogP contribution in [-0.4, -0.2) is 49.1 Å². The quantitative estimate of drug-likeness (QED) is 0.0193. The number of para-hydroxylation sites is 8. The molecule has 0 unspecified atom stereocenters. The number of ether oxygens (including phenoxy) is 4. The van der Waals surface area contributed by atoms with Gasteiger partial charge in [-0.25, -0.2) is 0 Å². The number of allylic oxidation sites excluding steroid dienone is 2. The standard InChI is InChI=1S/C66H72N4O8/c71-63(43-19-9-5-1-3-7-11-29-45-75-53-31-15-13-16-32-53)77-61-41-27-21-35-55(61)65(73)51-47-67-57-37-23-25-39-59(57)69-49-52(50-70-60-40-26-24-38-58(60)68-48-51)66(74)56-36-22-28-42-62(56)78-64(72)44-20-10-6-2-4-8-12-30-46-76-54-33-17-14-18-34-54/h13-18,21-28,31-42,47-50,67,70H,1-12,19-20,29-30,43-46H2/b51-47-,52-50-,68-48?,69-49?. The lowest BCUT2D eigenvalue weighted by molar-refractivity contribution is -0.135. The molecule has 12 nitrogen and oxygen atoms in total. The van der Waals surface area contributed by atoms with Crippen LogP contribution in [0.2, 0.25) is 0 Å². The van der Waals surface area contributed by atoms with E-state index in [1.54, 1.807) is 72.8 Å². The zero-order valence-corrected chi connectivity index (χ0v) is 44.6. The molecule has 0 amide bonds. The fraction of sp³-hybridized carbons (Fsp3) is 0.303. The van der Waals surface area contributed by atoms with E-state index in [1.807, 2.05) is 84.9 Å². The van der Waals surface area contributed by atoms with Gasteiger partial charge in [0.05, 0.1) is 58.2 Å². The Morgan fingerprint density at radius 3 is 1.10 bits per heavy atom. The van der Waals surface area contributed by atoms with Gasteiger partial charge in [0, 0.05) is 37.7 Å². The van der Waals surface area contributed by atoms with Crippen molar-refractivity contribution >= 4 is 58.7 Å². The van der Waals surface area contributed by atoms with Crippen molar-refractivity contribution in [3.63, 3.8) is 0 Å². The molecule has 12 heteroatoms. The maximum atomic E-state index is 14.5. The third kappa shape index (κ3) is 19.6. The van der Waals surface area contributed by atoms with Gasteiger partial charge in [-0.15, -0.1) is 0 Å². The number of fused-ring (bicyclic) bond motifs is 2. The van der Waals surface area contributed by atoms with Crippen molar-refractivity contribution in [1.82, 2.24) is 0 Å². The number of carbonyl (C=O) groups excluding carboxylic acids is 4. The summed E-state index contributed by atoms with van der Waals surface area (Å²) in [4.78, 5) is 64.7. The number of ketones is 2. The van der Waals surface area contributed by atoms with Gasteiger partial charge in [-0.3, -0.25) is 29.2 Å². The SMILES string of the molecule is O=C(CCCCCCCCCCOc1ccccc1)Oc1ccccc1C(=O)/C1=C\Nc2ccccc2N=C/C(C(=O)c2ccccc2OC(=O)CCCCCCCCCCOc2ccccc2)=C/Nc2ccccc2N=C1. The number of unbranched alkanes of at least 4 members (excludes halogenated alkanes) is 14. The van der Waals surface area contributed by atoms with Gasteiger partial charge in [0.15, 0.2) is 11.6 Å². The summed E-state index contributed by atoms with van der Waals surface area (Å²) in [5.74, 6) is 0.501. The van der Waals surface area contributed by atoms with Crippen molar-refractivity contribution in [2.24, 2.45) is 9.98 Å². The Morgan fingerprint density at radius 2 is 0.692 bits per heavy atom. The third-order valence-corrected chi connectivity index (χ3v) is 13.1. The molecule has 0 aliphatic carbocycles. The van der Waals surface area contributed by atoms with Crippen molar-refractivity contribution in [3.8, 4) is 23.0 Å². The van der Waals surface area contributed by atoms with E-state index in [1.165, 1.54) is 24.8 Å². The Kier molecular flexibility index (Phi) is 24.2. The summed E-state index contributed by atoms with van der Waals surface area (Å²) >= 11 is 0. The normalized spacial score (nSPS) is 13.4. The number of hydrogen-bond donors (Lipinski definition) is 2. The first-order valence-corrected chi connectivity index (χ1v) is 27.7. The Hall–Kier alpha value is -8.38. The average molecular weight is 1050 g/mol. The highest BCUT2D eigenvalue weighted by molar-refractivity contribution is 6.24. The molecule has 0 spiro atoms. The molecule has 0 radical (unpaired) electrons. The average Bonchev–Trinajstić information content (AvgIpc) is 3.47. The first kappa shape index (κ1) is 57.3. The van der Waals surface area contributed by atoms with E-state index in [-0.39, 0.29) is 46.6 Å². The lowest BCUT2D eigenvalue weighted by Crippen LogP contribution is -2.13. The van der Waals surface area contributed by atoms with Crippen LogP contribution in [0, 0.1) is 0 Å². The van der Waals surface area contributed by atoms with Gasteiger partial charge in [0.2, 0.25) is 0 Å². The van der Waals surface area contributed by atoms with Crippen molar-refractivity contribution in [1.29, 1.82) is 0 Å². The molecule has 1 aliphatic rings. The maximum absolute atomic E-state index is 14.5. The Balaban J connectivity index is 0.925. The van der Waals surface area contributed by atoms with Gasteiger partial charge in [-0.2, -0.15) is 0 Å². The molecule has 404 valence electrons. The summed E-state index contributed by atoms with van der Waals surface area (Å²) < 4.78 is 23.2. The van der Waals surface area contributed by atoms with E-state index < -0.39 is 23.5 Å². The fourth-order valence-corrected chi connectivity index (χ4v) is 8.75. The Labute approximate surface area is 459 Å². The minimum absolute atomic E-state index is 0.165. The van der Waals surface area contributed by atoms with Crippen LogP contribution in [-0.2, 0) is 9.59 Å². The molecule has 0 atom stereocenters. The van der Waals surface area contributed by atoms with Gasteiger partial charge < -0.3 is 29.6 Å². The van der Waals surface area contributed by atoms with E-state index in [4.69, 9.17) is 28.9 Å². The van der Waals surface area contributed by atoms with Crippen LogP contribution >= 0.6 is 0 Å². The lowest BCUT2D eigenvalue weighted by atomic mass is 10.0. The minimum Gasteiger partial charge on any atom is -0.494 e. The van der Waals surface area contributed by atoms with Crippen LogP contribution in [0.4, 0.5) is 22.7 Å². The van der Waals surface area contributed by atoms with Crippen LogP contribution in [0.25, 0.3) is 0 Å². The molecule has 0 saturated carbocycles. The maximum Gasteiger partial charge on any atom is 0.311 e. The Bertz CT molecular complexity index is 2770. The van der Waals surface area contributed by atoms with E-state index in [9.17, 15) is 19.2 Å². The Morgan fingerprint density at radius 1 is 0.359 bits per heavy atom. The molecular weight excluding hydrogens is 977 g/mol. The molecule has 0 saturated heterocycles. The molecule has 1 aliphatic heterocycles. The number of benzene rings is 6. The lowest BCUT2D eigenvalue weighted by Gasteiger charge is -2.13. The summed E-state index contributed by atoms with van der Waals surface area (Å²) in [6.07, 6.45) is 22.9. The van der Waals surface area contributed by atoms with Crippen molar-refractivity contribution in [3.05, 3.63) is 192 Å². The van der Waals surface area contributed by atoms with Gasteiger partial charge in [0.25, 0.3) is 0 Å². The number of carbonyl (C=O) groups is 4. The summed E-state index contributed by atoms with van der Waals surface area (Å²) in [6.45, 7) is 1.45. The van der Waals surface area contributed by atoms with E-state index in [0.717, 1.165) is 115 Å². The number of aliphatic imine (C=N–C) groups is 2. The molecule has 0 aromatic heterocycles. The zero-order valence-electron chi connectivity index (χ0n) is 44.6. The highest BCUT2D eigenvalue weighted by atomic mass is 16.5. The van der Waals surface area contributed by atoms with Crippen molar-refractivity contribution in [2.75, 3.05) is 23.8 Å². The second kappa shape index (κ2) is 32.9. The van der Waals surface area contributed by atoms with E-state index in [2.05, 4.69) is 10.6 Å². The molecule has 0 fully saturated rings. The number of hydrogen-bond acceptors (Lipinski definition) is 12. The largest absolute Gasteiger partial charge is 0.494 e. The zero-order chi connectivity index (χ0) is 54.2. The molecule has 2 N–H and O–H groups in total. The molecule has 7 rings (SSSR count). The predicted molar refractivity (Wildman–Crippen MR) is 312 cm³/mol. The number of nitrogens with zero attached hydrogens (tertiary/aromatic N) is 2. The summed E-state index contributed by atoms with van der Waals surface area (Å²) in [5, 5.41) is 6.48. The second-order valence-corrected chi connectivity index (χ2v) is 19.1. The van der Waals surface area contributed by atoms with Crippen LogP contribution < -0.4 is 29.6 Å². The van der Waals surface area contributed by atoms with Gasteiger partial charge in [-0.1, -0.05) is 162 Å².